The Kier molecular flexibility index (Phi) is 18.4. The topological polar surface area (TPSA) is 225 Å². The van der Waals surface area contributed by atoms with Gasteiger partial charge in [-0.25, -0.2) is 4.79 Å². The van der Waals surface area contributed by atoms with Crippen LogP contribution in [0.4, 0.5) is 10.5 Å². The molecular weight excluding hydrogens is 672 g/mol. The van der Waals surface area contributed by atoms with Crippen molar-refractivity contribution in [2.24, 2.45) is 17.1 Å². The summed E-state index contributed by atoms with van der Waals surface area (Å²) >= 11 is 0. The quantitative estimate of drug-likeness (QED) is 0.0481. The Hall–Kier alpha value is -4.38. The molecule has 1 aromatic carbocycles. The second kappa shape index (κ2) is 21.9. The van der Waals surface area contributed by atoms with Crippen LogP contribution in [0.25, 0.3) is 0 Å². The largest absolute Gasteiger partial charge is 0.445 e. The number of benzene rings is 1. The Balaban J connectivity index is 1.95. The van der Waals surface area contributed by atoms with E-state index in [2.05, 4.69) is 40.4 Å². The summed E-state index contributed by atoms with van der Waals surface area (Å²) in [4.78, 5) is 78.2. The first-order chi connectivity index (χ1) is 24.5. The Bertz CT molecular complexity index is 1360. The molecule has 0 aliphatic carbocycles. The Morgan fingerprint density at radius 1 is 0.962 bits per heavy atom. The van der Waals surface area contributed by atoms with E-state index in [1.54, 1.807) is 45.2 Å². The van der Waals surface area contributed by atoms with Crippen LogP contribution in [-0.2, 0) is 35.3 Å². The molecule has 1 aliphatic heterocycles. The van der Waals surface area contributed by atoms with Crippen LogP contribution in [0.1, 0.15) is 71.8 Å². The third-order valence-electron chi connectivity index (χ3n) is 8.32. The van der Waals surface area contributed by atoms with E-state index in [4.69, 9.17) is 10.5 Å². The number of nitrogens with two attached hydrogens (primary N) is 1. The van der Waals surface area contributed by atoms with Crippen molar-refractivity contribution in [3.8, 4) is 0 Å². The maximum atomic E-state index is 13.4. The highest BCUT2D eigenvalue weighted by Crippen LogP contribution is 2.17. The van der Waals surface area contributed by atoms with Crippen molar-refractivity contribution in [2.75, 3.05) is 45.6 Å². The van der Waals surface area contributed by atoms with Crippen LogP contribution in [-0.4, -0.2) is 109 Å². The van der Waals surface area contributed by atoms with Gasteiger partial charge in [0.15, 0.2) is 6.35 Å². The van der Waals surface area contributed by atoms with Crippen LogP contribution in [0.5, 0.6) is 0 Å². The van der Waals surface area contributed by atoms with Crippen molar-refractivity contribution in [3.05, 3.63) is 42.0 Å². The molecule has 0 spiro atoms. The molecule has 2 rings (SSSR count). The van der Waals surface area contributed by atoms with E-state index in [9.17, 15) is 33.9 Å². The molecule has 0 saturated carbocycles. The molecule has 1 aliphatic rings. The van der Waals surface area contributed by atoms with E-state index < -0.39 is 36.3 Å². The SMILES string of the molecule is CNCC(C)(C)CN(C)C(=O)OCc1ccc(NC(=O)C(CCCNC(N)O)NC(=O)[C@@H](NC(=O)CCCCCN2C(=O)C=CC2=O)C(C)C)cc1. The summed E-state index contributed by atoms with van der Waals surface area (Å²) in [6.07, 6.45) is 3.20. The standard InChI is InChI=1S/C36H58N8O8/c1-24(2)31(42-28(45)12-8-7-9-20-44-29(46)17-18-30(44)47)33(49)41-27(11-10-19-39-34(37)50)32(48)40-26-15-13-25(14-16-26)21-52-35(51)43(6)23-36(3,4)22-38-5/h13-18,24,27,31,34,38-39,50H,7-12,19-23,37H2,1-6H3,(H,40,48)(H,41,49)(H,42,45)/t27?,31-,34?/m0/s1. The zero-order valence-corrected chi connectivity index (χ0v) is 31.3. The van der Waals surface area contributed by atoms with Gasteiger partial charge < -0.3 is 36.0 Å². The summed E-state index contributed by atoms with van der Waals surface area (Å²) in [5.41, 5.74) is 6.40. The smallest absolute Gasteiger partial charge is 0.409 e. The molecule has 1 heterocycles. The number of anilines is 1. The van der Waals surface area contributed by atoms with Crippen LogP contribution in [0.2, 0.25) is 0 Å². The molecule has 2 unspecified atom stereocenters. The summed E-state index contributed by atoms with van der Waals surface area (Å²) in [7, 11) is 3.55. The molecule has 0 bridgehead atoms. The van der Waals surface area contributed by atoms with Gasteiger partial charge in [-0.2, -0.15) is 0 Å². The number of aliphatic hydroxyl groups is 1. The molecule has 16 nitrogen and oxygen atoms in total. The molecule has 0 saturated heterocycles. The van der Waals surface area contributed by atoms with E-state index in [1.165, 1.54) is 17.1 Å². The zero-order valence-electron chi connectivity index (χ0n) is 31.3. The summed E-state index contributed by atoms with van der Waals surface area (Å²) in [6.45, 7) is 9.53. The molecule has 0 fully saturated rings. The number of carbonyl (C=O) groups excluding carboxylic acids is 6. The van der Waals surface area contributed by atoms with Gasteiger partial charge in [0, 0.05) is 50.9 Å². The van der Waals surface area contributed by atoms with E-state index in [0.29, 0.717) is 37.9 Å². The molecule has 16 heteroatoms. The average Bonchev–Trinajstić information content (AvgIpc) is 3.39. The first-order valence-electron chi connectivity index (χ1n) is 17.8. The highest BCUT2D eigenvalue weighted by molar-refractivity contribution is 6.12. The number of nitrogens with zero attached hydrogens (tertiary/aromatic N) is 2. The third-order valence-corrected chi connectivity index (χ3v) is 8.32. The summed E-state index contributed by atoms with van der Waals surface area (Å²) in [5.74, 6) is -2.31. The minimum Gasteiger partial charge on any atom is -0.445 e. The Labute approximate surface area is 306 Å². The summed E-state index contributed by atoms with van der Waals surface area (Å²) in [5, 5.41) is 23.5. The second-order valence-electron chi connectivity index (χ2n) is 14.2. The molecule has 0 aromatic heterocycles. The number of aliphatic hydroxyl groups excluding tert-OH is 1. The summed E-state index contributed by atoms with van der Waals surface area (Å²) < 4.78 is 5.46. The number of carbonyl (C=O) groups is 6. The van der Waals surface area contributed by atoms with Crippen LogP contribution < -0.4 is 32.3 Å². The highest BCUT2D eigenvalue weighted by atomic mass is 16.6. The van der Waals surface area contributed by atoms with Gasteiger partial charge in [0.05, 0.1) is 0 Å². The van der Waals surface area contributed by atoms with Crippen molar-refractivity contribution in [1.82, 2.24) is 31.1 Å². The third kappa shape index (κ3) is 15.9. The van der Waals surface area contributed by atoms with E-state index in [0.717, 1.165) is 17.0 Å². The first-order valence-corrected chi connectivity index (χ1v) is 17.8. The lowest BCUT2D eigenvalue weighted by Gasteiger charge is -2.29. The van der Waals surface area contributed by atoms with Gasteiger partial charge in [-0.05, 0) is 68.3 Å². The van der Waals surface area contributed by atoms with E-state index in [-0.39, 0.29) is 61.6 Å². The fraction of sp³-hybridized carbons (Fsp3) is 0.611. The molecule has 3 atom stereocenters. The predicted octanol–water partition coefficient (Wildman–Crippen LogP) is 1.15. The first kappa shape index (κ1) is 43.8. The molecule has 1 aromatic rings. The van der Waals surface area contributed by atoms with Crippen LogP contribution in [0.3, 0.4) is 0 Å². The van der Waals surface area contributed by atoms with Crippen molar-refractivity contribution >= 4 is 41.3 Å². The monoisotopic (exact) mass is 730 g/mol. The van der Waals surface area contributed by atoms with Crippen LogP contribution >= 0.6 is 0 Å². The summed E-state index contributed by atoms with van der Waals surface area (Å²) in [6, 6.07) is 4.90. The van der Waals surface area contributed by atoms with Gasteiger partial charge >= 0.3 is 6.09 Å². The predicted molar refractivity (Wildman–Crippen MR) is 196 cm³/mol. The highest BCUT2D eigenvalue weighted by Gasteiger charge is 2.29. The van der Waals surface area contributed by atoms with Gasteiger partial charge in [-0.1, -0.05) is 46.2 Å². The van der Waals surface area contributed by atoms with Crippen molar-refractivity contribution in [1.29, 1.82) is 0 Å². The van der Waals surface area contributed by atoms with Crippen molar-refractivity contribution < 1.29 is 38.6 Å². The Morgan fingerprint density at radius 3 is 2.21 bits per heavy atom. The molecule has 0 radical (unpaired) electrons. The van der Waals surface area contributed by atoms with Gasteiger partial charge in [0.1, 0.15) is 18.7 Å². The minimum atomic E-state index is -1.23. The minimum absolute atomic E-state index is 0.0448. The molecular formula is C36H58N8O8. The van der Waals surface area contributed by atoms with Crippen LogP contribution in [0, 0.1) is 11.3 Å². The van der Waals surface area contributed by atoms with Gasteiger partial charge in [-0.15, -0.1) is 0 Å². The van der Waals surface area contributed by atoms with Crippen molar-refractivity contribution in [2.45, 2.75) is 91.3 Å². The fourth-order valence-electron chi connectivity index (χ4n) is 5.66. The Morgan fingerprint density at radius 2 is 1.62 bits per heavy atom. The maximum Gasteiger partial charge on any atom is 0.409 e. The number of ether oxygens (including phenoxy) is 1. The number of amides is 6. The lowest BCUT2D eigenvalue weighted by atomic mass is 9.93. The molecule has 6 amide bonds. The number of hydrogen-bond acceptors (Lipinski definition) is 11. The van der Waals surface area contributed by atoms with E-state index >= 15 is 0 Å². The van der Waals surface area contributed by atoms with Gasteiger partial charge in [0.2, 0.25) is 17.7 Å². The maximum absolute atomic E-state index is 13.4. The van der Waals surface area contributed by atoms with E-state index in [1.807, 2.05) is 7.05 Å². The number of unbranched alkanes of at least 4 members (excludes halogenated alkanes) is 2. The van der Waals surface area contributed by atoms with Crippen LogP contribution in [0.15, 0.2) is 36.4 Å². The molecule has 290 valence electrons. The lowest BCUT2D eigenvalue weighted by molar-refractivity contribution is -0.137. The fourth-order valence-corrected chi connectivity index (χ4v) is 5.66. The zero-order chi connectivity index (χ0) is 38.8. The van der Waals surface area contributed by atoms with Gasteiger partial charge in [-0.3, -0.25) is 39.9 Å². The number of imide groups is 1. The second-order valence-corrected chi connectivity index (χ2v) is 14.2. The number of rotatable bonds is 23. The number of nitrogens with one attached hydrogen (secondary N) is 5. The molecule has 8 N–H and O–H groups in total. The van der Waals surface area contributed by atoms with Crippen molar-refractivity contribution in [3.63, 3.8) is 0 Å². The number of hydrogen-bond donors (Lipinski definition) is 7. The normalized spacial score (nSPS) is 14.6. The van der Waals surface area contributed by atoms with Gasteiger partial charge in [0.25, 0.3) is 11.8 Å². The average molecular weight is 731 g/mol. The molecule has 52 heavy (non-hydrogen) atoms. The lowest BCUT2D eigenvalue weighted by Crippen LogP contribution is -2.54.